The fraction of sp³-hybridized carbons (Fsp3) is 0.571. The van der Waals surface area contributed by atoms with Crippen molar-refractivity contribution in [3.8, 4) is 0 Å². The Kier molecular flexibility index (Phi) is 8.25. The van der Waals surface area contributed by atoms with Gasteiger partial charge in [-0.2, -0.15) is 18.6 Å². The number of carbonyl (C=O) groups is 1. The number of esters is 1. The standard InChI is InChI=1S/C14H23N6O13P3/c1-3-7-8(4-29-35(25,26)33-36(27,28)32-34(22,23)24)31-13(10(7)30-6(2)21)20-5-17-9-11(15)18-14(16)19-12(9)20/h5,7-8,10,13H,3-4H2,1-2H3,(H,25,26)(H,27,28)(H2,22,23,24)(H4,15,16,18,19)/t7-,8-,10-,13-/m1/s1. The molecular formula is C14H23N6O13P3. The van der Waals surface area contributed by atoms with Gasteiger partial charge in [-0.15, -0.1) is 0 Å². The highest BCUT2D eigenvalue weighted by molar-refractivity contribution is 7.66. The van der Waals surface area contributed by atoms with E-state index in [1.807, 2.05) is 0 Å². The quantitative estimate of drug-likeness (QED) is 0.162. The molecule has 0 amide bonds. The molecule has 0 radical (unpaired) electrons. The molecule has 8 N–H and O–H groups in total. The van der Waals surface area contributed by atoms with Crippen molar-refractivity contribution >= 4 is 52.4 Å². The fourth-order valence-corrected chi connectivity index (χ4v) is 6.64. The monoisotopic (exact) mass is 576 g/mol. The maximum absolute atomic E-state index is 12.1. The van der Waals surface area contributed by atoms with Crippen LogP contribution in [0.25, 0.3) is 11.2 Å². The van der Waals surface area contributed by atoms with Crippen LogP contribution in [0.1, 0.15) is 26.5 Å². The first-order valence-electron chi connectivity index (χ1n) is 9.88. The van der Waals surface area contributed by atoms with Gasteiger partial charge in [-0.3, -0.25) is 13.9 Å². The van der Waals surface area contributed by atoms with E-state index in [9.17, 15) is 28.3 Å². The molecule has 2 aromatic heterocycles. The zero-order valence-corrected chi connectivity index (χ0v) is 21.2. The van der Waals surface area contributed by atoms with Crippen LogP contribution in [-0.4, -0.2) is 63.9 Å². The Labute approximate surface area is 202 Å². The number of phosphoric ester groups is 1. The van der Waals surface area contributed by atoms with Crippen molar-refractivity contribution < 1.29 is 60.7 Å². The highest BCUT2D eigenvalue weighted by atomic mass is 31.3. The van der Waals surface area contributed by atoms with Crippen LogP contribution in [0.15, 0.2) is 6.33 Å². The van der Waals surface area contributed by atoms with Crippen LogP contribution >= 0.6 is 23.5 Å². The number of nitrogen functional groups attached to an aromatic ring is 2. The van der Waals surface area contributed by atoms with Crippen molar-refractivity contribution in [2.24, 2.45) is 5.92 Å². The minimum atomic E-state index is -5.70. The lowest BCUT2D eigenvalue weighted by Crippen LogP contribution is -2.32. The van der Waals surface area contributed by atoms with Crippen LogP contribution in [0, 0.1) is 5.92 Å². The normalized spacial score (nSPS) is 25.9. The van der Waals surface area contributed by atoms with E-state index < -0.39 is 60.4 Å². The summed E-state index contributed by atoms with van der Waals surface area (Å²) in [6.45, 7) is 2.12. The van der Waals surface area contributed by atoms with Crippen molar-refractivity contribution in [2.75, 3.05) is 18.1 Å². The summed E-state index contributed by atoms with van der Waals surface area (Å²) in [7, 11) is -16.7. The van der Waals surface area contributed by atoms with Crippen LogP contribution in [0.4, 0.5) is 11.8 Å². The maximum Gasteiger partial charge on any atom is 0.490 e. The van der Waals surface area contributed by atoms with Gasteiger partial charge < -0.3 is 40.5 Å². The van der Waals surface area contributed by atoms with Gasteiger partial charge >= 0.3 is 29.4 Å². The van der Waals surface area contributed by atoms with Crippen LogP contribution in [0.3, 0.4) is 0 Å². The Morgan fingerprint density at radius 3 is 2.39 bits per heavy atom. The number of nitrogens with zero attached hydrogens (tertiary/aromatic N) is 4. The lowest BCUT2D eigenvalue weighted by Gasteiger charge is -2.23. The highest BCUT2D eigenvalue weighted by Gasteiger charge is 2.49. The number of fused-ring (bicyclic) bond motifs is 1. The zero-order chi connectivity index (χ0) is 27.1. The molecule has 0 bridgehead atoms. The predicted octanol–water partition coefficient (Wildman–Crippen LogP) is 0.189. The van der Waals surface area contributed by atoms with E-state index in [0.717, 1.165) is 6.92 Å². The largest absolute Gasteiger partial charge is 0.490 e. The van der Waals surface area contributed by atoms with Crippen LogP contribution in [0.5, 0.6) is 0 Å². The topological polar surface area (TPSA) is 291 Å². The Bertz CT molecular complexity index is 1280. The molecule has 3 rings (SSSR count). The lowest BCUT2D eigenvalue weighted by atomic mass is 9.95. The summed E-state index contributed by atoms with van der Waals surface area (Å²) in [5.74, 6) is -1.51. The molecule has 1 aliphatic rings. The molecule has 202 valence electrons. The molecule has 2 unspecified atom stereocenters. The molecule has 0 saturated carbocycles. The maximum atomic E-state index is 12.1. The Morgan fingerprint density at radius 1 is 1.14 bits per heavy atom. The molecule has 1 fully saturated rings. The number of hydrogen-bond acceptors (Lipinski definition) is 14. The first-order valence-corrected chi connectivity index (χ1v) is 14.4. The number of imidazole rings is 1. The van der Waals surface area contributed by atoms with Gasteiger partial charge in [0.2, 0.25) is 5.95 Å². The average Bonchev–Trinajstić information content (AvgIpc) is 3.24. The molecule has 0 aliphatic carbocycles. The summed E-state index contributed by atoms with van der Waals surface area (Å²) >= 11 is 0. The molecule has 0 aromatic carbocycles. The van der Waals surface area contributed by atoms with Gasteiger partial charge in [0.15, 0.2) is 23.8 Å². The third-order valence-corrected chi connectivity index (χ3v) is 8.63. The third kappa shape index (κ3) is 6.85. The van der Waals surface area contributed by atoms with Gasteiger partial charge in [-0.1, -0.05) is 6.92 Å². The minimum Gasteiger partial charge on any atom is -0.457 e. The van der Waals surface area contributed by atoms with Crippen molar-refractivity contribution in [2.45, 2.75) is 38.7 Å². The van der Waals surface area contributed by atoms with Crippen molar-refractivity contribution in [1.82, 2.24) is 19.5 Å². The lowest BCUT2D eigenvalue weighted by molar-refractivity contribution is -0.153. The number of rotatable bonds is 10. The van der Waals surface area contributed by atoms with E-state index in [0.29, 0.717) is 6.42 Å². The number of carbonyl (C=O) groups excluding carboxylic acids is 1. The van der Waals surface area contributed by atoms with Crippen molar-refractivity contribution in [3.05, 3.63) is 6.33 Å². The Morgan fingerprint density at radius 2 is 1.81 bits per heavy atom. The summed E-state index contributed by atoms with van der Waals surface area (Å²) in [6.07, 6.45) is -1.56. The summed E-state index contributed by atoms with van der Waals surface area (Å²) < 4.78 is 59.3. The van der Waals surface area contributed by atoms with Gasteiger partial charge in [-0.05, 0) is 6.42 Å². The Hall–Kier alpha value is -2.01. The summed E-state index contributed by atoms with van der Waals surface area (Å²) in [4.78, 5) is 60.1. The third-order valence-electron chi connectivity index (χ3n) is 4.83. The number of phosphoric acid groups is 3. The molecule has 36 heavy (non-hydrogen) atoms. The SMILES string of the molecule is CC[C@H]1[C@@H](OC(C)=O)[C@H](n2cnc3c(N)nc(N)nc32)O[C@@H]1COP(=O)(O)OP(=O)(O)OP(=O)(O)O. The van der Waals surface area contributed by atoms with E-state index in [4.69, 9.17) is 35.3 Å². The zero-order valence-electron chi connectivity index (χ0n) is 18.5. The molecule has 2 aromatic rings. The summed E-state index contributed by atoms with van der Waals surface area (Å²) in [5, 5.41) is 0. The summed E-state index contributed by atoms with van der Waals surface area (Å²) in [5.41, 5.74) is 11.8. The molecule has 0 spiro atoms. The van der Waals surface area contributed by atoms with E-state index in [1.54, 1.807) is 6.92 Å². The van der Waals surface area contributed by atoms with Crippen LogP contribution in [0.2, 0.25) is 0 Å². The van der Waals surface area contributed by atoms with Crippen molar-refractivity contribution in [1.29, 1.82) is 0 Å². The second kappa shape index (κ2) is 10.4. The number of hydrogen-bond donors (Lipinski definition) is 6. The molecular weight excluding hydrogens is 553 g/mol. The first kappa shape index (κ1) is 28.6. The average molecular weight is 576 g/mol. The van der Waals surface area contributed by atoms with Gasteiger partial charge in [0.1, 0.15) is 5.52 Å². The fourth-order valence-electron chi connectivity index (χ4n) is 3.61. The van der Waals surface area contributed by atoms with Crippen molar-refractivity contribution in [3.63, 3.8) is 0 Å². The second-order valence-electron chi connectivity index (χ2n) is 7.39. The summed E-state index contributed by atoms with van der Waals surface area (Å²) in [6, 6.07) is 0. The van der Waals surface area contributed by atoms with E-state index in [2.05, 4.69) is 23.6 Å². The van der Waals surface area contributed by atoms with Gasteiger partial charge in [0.05, 0.1) is 19.0 Å². The van der Waals surface area contributed by atoms with Crippen LogP contribution in [-0.2, 0) is 41.1 Å². The number of anilines is 2. The number of nitrogens with two attached hydrogens (primary N) is 2. The molecule has 6 atom stereocenters. The molecule has 19 nitrogen and oxygen atoms in total. The minimum absolute atomic E-state index is 0.0190. The molecule has 22 heteroatoms. The van der Waals surface area contributed by atoms with E-state index >= 15 is 0 Å². The first-order chi connectivity index (χ1) is 16.5. The highest BCUT2D eigenvalue weighted by Crippen LogP contribution is 2.66. The predicted molar refractivity (Wildman–Crippen MR) is 117 cm³/mol. The number of ether oxygens (including phenoxy) is 2. The molecule has 3 heterocycles. The van der Waals surface area contributed by atoms with Crippen LogP contribution < -0.4 is 11.5 Å². The Balaban J connectivity index is 1.85. The van der Waals surface area contributed by atoms with Gasteiger partial charge in [0.25, 0.3) is 0 Å². The van der Waals surface area contributed by atoms with E-state index in [1.165, 1.54) is 10.9 Å². The van der Waals surface area contributed by atoms with Gasteiger partial charge in [-0.25, -0.2) is 18.7 Å². The molecule has 1 aliphatic heterocycles. The second-order valence-corrected chi connectivity index (χ2v) is 11.8. The smallest absolute Gasteiger partial charge is 0.457 e. The van der Waals surface area contributed by atoms with Gasteiger partial charge in [0, 0.05) is 12.8 Å². The molecule has 1 saturated heterocycles. The van der Waals surface area contributed by atoms with E-state index in [-0.39, 0.29) is 22.9 Å². The number of aromatic nitrogens is 4.